The number of Topliss-reactive ketones (excluding diaryl/α,β-unsaturated/α-hetero) is 2. The van der Waals surface area contributed by atoms with Crippen LogP contribution in [0, 0.1) is 11.8 Å². The molecule has 0 saturated carbocycles. The number of ketones is 2. The zero-order valence-corrected chi connectivity index (χ0v) is 63.9. The lowest BCUT2D eigenvalue weighted by Crippen LogP contribution is -2.40. The minimum atomic E-state index is -3.62. The van der Waals surface area contributed by atoms with Gasteiger partial charge in [0.25, 0.3) is 11.8 Å². The van der Waals surface area contributed by atoms with Gasteiger partial charge in [0.2, 0.25) is 6.29 Å². The van der Waals surface area contributed by atoms with Crippen molar-refractivity contribution < 1.29 is 78.5 Å². The number of benzene rings is 9. The third-order valence-corrected chi connectivity index (χ3v) is 23.0. The molecule has 1 unspecified atom stereocenters. The predicted molar refractivity (Wildman–Crippen MR) is 413 cm³/mol. The van der Waals surface area contributed by atoms with Crippen molar-refractivity contribution in [3.05, 3.63) is 305 Å². The summed E-state index contributed by atoms with van der Waals surface area (Å²) in [4.78, 5) is 98.1. The van der Waals surface area contributed by atoms with Crippen molar-refractivity contribution in [2.75, 3.05) is 25.6 Å². The molecule has 25 heteroatoms. The van der Waals surface area contributed by atoms with E-state index in [0.29, 0.717) is 81.6 Å². The molecule has 4 heterocycles. The number of nitrogens with zero attached hydrogens (tertiary/aromatic N) is 2. The largest absolute Gasteiger partial charge is 0.481 e. The van der Waals surface area contributed by atoms with Crippen molar-refractivity contribution in [1.29, 1.82) is 0 Å². The number of carbonyl (C=O) groups is 7. The van der Waals surface area contributed by atoms with E-state index in [1.807, 2.05) is 115 Å². The third kappa shape index (κ3) is 17.7. The molecule has 560 valence electrons. The molecule has 2 amide bonds. The first-order chi connectivity index (χ1) is 52.0. The van der Waals surface area contributed by atoms with Crippen LogP contribution in [0.1, 0.15) is 118 Å². The maximum Gasteiger partial charge on any atom is 0.338 e. The van der Waals surface area contributed by atoms with Crippen molar-refractivity contribution in [2.45, 2.75) is 93.2 Å². The van der Waals surface area contributed by atoms with Crippen LogP contribution in [0.5, 0.6) is 0 Å². The summed E-state index contributed by atoms with van der Waals surface area (Å²) in [5.41, 5.74) is 6.89. The van der Waals surface area contributed by atoms with Gasteiger partial charge < -0.3 is 38.0 Å². The molecule has 109 heavy (non-hydrogen) atoms. The molecule has 4 atom stereocenters. The van der Waals surface area contributed by atoms with Gasteiger partial charge in [-0.3, -0.25) is 28.8 Å². The molecule has 0 fully saturated rings. The molecule has 2 aliphatic heterocycles. The summed E-state index contributed by atoms with van der Waals surface area (Å²) < 4.78 is 78.0. The summed E-state index contributed by atoms with van der Waals surface area (Å²) in [5.74, 6) is -6.73. The maximum atomic E-state index is 14.3. The van der Waals surface area contributed by atoms with E-state index in [1.165, 1.54) is 37.3 Å². The van der Waals surface area contributed by atoms with Crippen LogP contribution < -0.4 is 0 Å². The Morgan fingerprint density at radius 3 is 1.31 bits per heavy atom. The number of hydrogen-bond donors (Lipinski definition) is 1. The number of esters is 2. The van der Waals surface area contributed by atoms with Gasteiger partial charge in [0.1, 0.15) is 16.8 Å². The number of halogens is 4. The van der Waals surface area contributed by atoms with Crippen molar-refractivity contribution in [3.8, 4) is 0 Å². The standard InChI is InChI=1S/C54H47Cl2NO10S.C30H25Cl2NO7S/c1-34(67-54(41-15-7-4-8-16-41,42-17-9-5-10-18-42)43-19-11-6-12-20-43)52(60)65-35(2)66-53(61)39(28-36-14-13-21-44(29-36)68(3,62)63)31-47(58)49-46(55)30-40-33-57(26-24-45(40)50(49)56)51(59)38-23-22-37-25-27-64-48(37)32-38;1-41(38,39)22-4-2-3-17(12-22)11-20(30(36)37)14-25(34)27-24(31)13-21-16-33(9-7-23(21)28(27)32)29(35)19-6-5-18-8-10-40-26(18)15-19/h4-23,25,27,29-30,32,34-35,39H,24,26,28,31,33H2,1-3H3;2-6,8,10,12-13,15,20H,7,9,11,14,16H2,1H3,(H,36,37)/t34-,35?,39-;20-/m11/s1. The summed E-state index contributed by atoms with van der Waals surface area (Å²) in [5, 5.41) is 12.0. The monoisotopic (exact) mass is 1580 g/mol. The van der Waals surface area contributed by atoms with Gasteiger partial charge in [-0.05, 0) is 155 Å². The number of fused-ring (bicyclic) bond motifs is 4. The normalized spacial score (nSPS) is 14.1. The predicted octanol–water partition coefficient (Wildman–Crippen LogP) is 16.5. The second-order valence-corrected chi connectivity index (χ2v) is 32.5. The van der Waals surface area contributed by atoms with Gasteiger partial charge in [-0.1, -0.05) is 174 Å². The number of amides is 2. The lowest BCUT2D eigenvalue weighted by Gasteiger charge is -2.37. The molecule has 9 aromatic carbocycles. The summed E-state index contributed by atoms with van der Waals surface area (Å²) in [6.07, 6.45) is 2.35. The molecular formula is C84H72Cl4N2O17S2. The van der Waals surface area contributed by atoms with E-state index >= 15 is 0 Å². The number of carboxylic acid groups (broad SMARTS) is 1. The van der Waals surface area contributed by atoms with Crippen LogP contribution in [0.15, 0.2) is 231 Å². The number of aliphatic carboxylic acids is 1. The fourth-order valence-electron chi connectivity index (χ4n) is 13.8. The second kappa shape index (κ2) is 33.3. The zero-order valence-electron chi connectivity index (χ0n) is 59.3. The lowest BCUT2D eigenvalue weighted by atomic mass is 9.80. The molecule has 2 aliphatic rings. The SMILES string of the molecule is CC(OC(=O)[C@@H](CC(=O)c1c(Cl)cc2c(c1Cl)CCN(C(=O)c1ccc3ccoc3c1)C2)Cc1cccc(S(C)(=O)=O)c1)OC(=O)[C@@H](C)OC(c1ccccc1)(c1ccccc1)c1ccccc1.CS(=O)(=O)c1cccc(C[C@H](CC(=O)c2c(Cl)cc3c(c2Cl)CCN(C(=O)c2ccc4ccoc4c2)C3)C(=O)O)c1. The van der Waals surface area contributed by atoms with Crippen LogP contribution in [-0.4, -0.2) is 111 Å². The van der Waals surface area contributed by atoms with Crippen LogP contribution >= 0.6 is 46.4 Å². The molecule has 1 N–H and O–H groups in total. The van der Waals surface area contributed by atoms with Crippen LogP contribution in [0.2, 0.25) is 20.1 Å². The van der Waals surface area contributed by atoms with Crippen molar-refractivity contribution in [3.63, 3.8) is 0 Å². The van der Waals surface area contributed by atoms with Gasteiger partial charge in [0, 0.05) is 80.4 Å². The molecular weight excluding hydrogens is 1510 g/mol. The minimum Gasteiger partial charge on any atom is -0.481 e. The van der Waals surface area contributed by atoms with E-state index in [2.05, 4.69) is 0 Å². The van der Waals surface area contributed by atoms with Gasteiger partial charge >= 0.3 is 17.9 Å². The molecule has 0 aliphatic carbocycles. The molecule has 19 nitrogen and oxygen atoms in total. The molecule has 2 aromatic heterocycles. The number of rotatable bonds is 24. The van der Waals surface area contributed by atoms with E-state index in [-0.39, 0.29) is 85.2 Å². The molecule has 0 radical (unpaired) electrons. The minimum absolute atomic E-state index is 0.00185. The number of carbonyl (C=O) groups excluding carboxylic acids is 6. The highest BCUT2D eigenvalue weighted by Crippen LogP contribution is 2.43. The first-order valence-corrected chi connectivity index (χ1v) is 40.0. The van der Waals surface area contributed by atoms with Crippen LogP contribution in [-0.2, 0) is 92.6 Å². The molecule has 0 spiro atoms. The first kappa shape index (κ1) is 78.4. The Bertz CT molecular complexity index is 5480. The quantitative estimate of drug-likeness (QED) is 0.0255. The number of furan rings is 2. The average molecular weight is 1590 g/mol. The van der Waals surface area contributed by atoms with E-state index in [0.717, 1.165) is 40.0 Å². The van der Waals surface area contributed by atoms with E-state index in [9.17, 15) is 55.5 Å². The Labute approximate surface area is 649 Å². The Balaban J connectivity index is 0.000000230. The zero-order chi connectivity index (χ0) is 77.6. The van der Waals surface area contributed by atoms with E-state index < -0.39 is 85.4 Å². The van der Waals surface area contributed by atoms with Crippen molar-refractivity contribution >= 4 is 129 Å². The Kier molecular flexibility index (Phi) is 24.0. The van der Waals surface area contributed by atoms with Crippen LogP contribution in [0.3, 0.4) is 0 Å². The van der Waals surface area contributed by atoms with Gasteiger partial charge in [-0.15, -0.1) is 0 Å². The van der Waals surface area contributed by atoms with E-state index in [1.54, 1.807) is 83.8 Å². The van der Waals surface area contributed by atoms with Gasteiger partial charge in [-0.25, -0.2) is 21.6 Å². The summed E-state index contributed by atoms with van der Waals surface area (Å²) >= 11 is 27.0. The highest BCUT2D eigenvalue weighted by atomic mass is 35.5. The van der Waals surface area contributed by atoms with E-state index in [4.69, 9.17) is 69.4 Å². The number of hydrogen-bond acceptors (Lipinski definition) is 16. The summed E-state index contributed by atoms with van der Waals surface area (Å²) in [6, 6.07) is 57.9. The fourth-order valence-corrected chi connectivity index (χ4v) is 16.8. The number of carboxylic acids is 1. The maximum absolute atomic E-state index is 14.3. The highest BCUT2D eigenvalue weighted by molar-refractivity contribution is 7.91. The lowest BCUT2D eigenvalue weighted by molar-refractivity contribution is -0.197. The first-order valence-electron chi connectivity index (χ1n) is 34.7. The number of ether oxygens (including phenoxy) is 3. The average Bonchev–Trinajstić information content (AvgIpc) is 1.63. The Hall–Kier alpha value is -10.2. The third-order valence-electron chi connectivity index (χ3n) is 19.3. The van der Waals surface area contributed by atoms with Gasteiger partial charge in [-0.2, -0.15) is 0 Å². The van der Waals surface area contributed by atoms with Crippen LogP contribution in [0.25, 0.3) is 21.9 Å². The molecule has 0 bridgehead atoms. The fraction of sp³-hybridized carbons (Fsp3) is 0.226. The van der Waals surface area contributed by atoms with Gasteiger partial charge in [0.15, 0.2) is 37.3 Å². The van der Waals surface area contributed by atoms with Crippen LogP contribution in [0.4, 0.5) is 0 Å². The summed E-state index contributed by atoms with van der Waals surface area (Å²) in [7, 11) is -7.10. The van der Waals surface area contributed by atoms with Crippen molar-refractivity contribution in [1.82, 2.24) is 9.80 Å². The molecule has 0 saturated heterocycles. The molecule has 11 aromatic rings. The molecule has 13 rings (SSSR count). The Morgan fingerprint density at radius 2 is 0.899 bits per heavy atom. The topological polar surface area (TPSA) is 268 Å². The Morgan fingerprint density at radius 1 is 0.495 bits per heavy atom. The van der Waals surface area contributed by atoms with Crippen molar-refractivity contribution in [2.24, 2.45) is 11.8 Å². The second-order valence-electron chi connectivity index (χ2n) is 26.9. The number of sulfone groups is 2. The smallest absolute Gasteiger partial charge is 0.338 e. The van der Waals surface area contributed by atoms with Gasteiger partial charge in [0.05, 0.1) is 65.4 Å². The highest BCUT2D eigenvalue weighted by Gasteiger charge is 2.42. The summed E-state index contributed by atoms with van der Waals surface area (Å²) in [6.45, 7) is 4.05.